The lowest BCUT2D eigenvalue weighted by Crippen LogP contribution is -2.40. The molecule has 0 spiro atoms. The molecule has 0 aliphatic rings. The topological polar surface area (TPSA) is 37.3 Å². The first-order valence-electron chi connectivity index (χ1n) is 5.96. The van der Waals surface area contributed by atoms with Crippen molar-refractivity contribution in [2.24, 2.45) is 5.41 Å². The third kappa shape index (κ3) is 2.95. The molecule has 0 saturated carbocycles. The van der Waals surface area contributed by atoms with Gasteiger partial charge in [-0.3, -0.25) is 0 Å². The maximum atomic E-state index is 11.3. The fourth-order valence-corrected chi connectivity index (χ4v) is 2.06. The molecule has 0 bridgehead atoms. The van der Waals surface area contributed by atoms with Crippen molar-refractivity contribution >= 4 is 5.78 Å². The summed E-state index contributed by atoms with van der Waals surface area (Å²) in [4.78, 5) is 11.3. The number of ketones is 1. The lowest BCUT2D eigenvalue weighted by Gasteiger charge is -2.40. The lowest BCUT2D eigenvalue weighted by molar-refractivity contribution is -0.125. The minimum atomic E-state index is -1.01. The van der Waals surface area contributed by atoms with Crippen molar-refractivity contribution in [3.63, 3.8) is 0 Å². The molecule has 2 nitrogen and oxygen atoms in total. The van der Waals surface area contributed by atoms with Crippen LogP contribution in [0.3, 0.4) is 0 Å². The summed E-state index contributed by atoms with van der Waals surface area (Å²) in [6.45, 7) is 9.20. The van der Waals surface area contributed by atoms with Gasteiger partial charge in [-0.1, -0.05) is 43.7 Å². The molecule has 1 N–H and O–H groups in total. The standard InChI is InChI=1S/C15H22O2/c1-11-6-8-13(9-7-11)15(5,17)14(3,4)10-12(2)16/h6-9,17H,10H2,1-5H3. The highest BCUT2D eigenvalue weighted by Gasteiger charge is 2.41. The summed E-state index contributed by atoms with van der Waals surface area (Å²) in [5, 5.41) is 10.7. The van der Waals surface area contributed by atoms with Gasteiger partial charge >= 0.3 is 0 Å². The van der Waals surface area contributed by atoms with Gasteiger partial charge in [-0.15, -0.1) is 0 Å². The van der Waals surface area contributed by atoms with Gasteiger partial charge in [0.2, 0.25) is 0 Å². The molecule has 1 rings (SSSR count). The molecule has 0 radical (unpaired) electrons. The van der Waals surface area contributed by atoms with Crippen molar-refractivity contribution in [2.75, 3.05) is 0 Å². The quantitative estimate of drug-likeness (QED) is 0.868. The fourth-order valence-electron chi connectivity index (χ4n) is 2.06. The molecule has 0 aromatic heterocycles. The molecule has 0 fully saturated rings. The highest BCUT2D eigenvalue weighted by Crippen LogP contribution is 2.42. The van der Waals surface area contributed by atoms with Gasteiger partial charge in [-0.2, -0.15) is 0 Å². The highest BCUT2D eigenvalue weighted by atomic mass is 16.3. The van der Waals surface area contributed by atoms with E-state index in [9.17, 15) is 9.90 Å². The molecule has 0 amide bonds. The van der Waals surface area contributed by atoms with Crippen LogP contribution in [0.15, 0.2) is 24.3 Å². The molecule has 0 saturated heterocycles. The number of hydrogen-bond acceptors (Lipinski definition) is 2. The van der Waals surface area contributed by atoms with Crippen LogP contribution >= 0.6 is 0 Å². The molecule has 17 heavy (non-hydrogen) atoms. The average molecular weight is 234 g/mol. The van der Waals surface area contributed by atoms with Crippen LogP contribution < -0.4 is 0 Å². The number of carbonyl (C=O) groups is 1. The summed E-state index contributed by atoms with van der Waals surface area (Å²) in [5.41, 5.74) is 0.531. The largest absolute Gasteiger partial charge is 0.385 e. The van der Waals surface area contributed by atoms with Crippen LogP contribution in [0, 0.1) is 12.3 Å². The zero-order chi connectivity index (χ0) is 13.3. The van der Waals surface area contributed by atoms with E-state index >= 15 is 0 Å². The molecule has 1 aromatic rings. The van der Waals surface area contributed by atoms with Crippen molar-refractivity contribution in [1.29, 1.82) is 0 Å². The molecule has 0 heterocycles. The predicted molar refractivity (Wildman–Crippen MR) is 69.8 cm³/mol. The average Bonchev–Trinajstić information content (AvgIpc) is 2.16. The third-order valence-electron chi connectivity index (χ3n) is 3.62. The second-order valence-electron chi connectivity index (χ2n) is 5.70. The van der Waals surface area contributed by atoms with Crippen molar-refractivity contribution in [3.05, 3.63) is 35.4 Å². The van der Waals surface area contributed by atoms with E-state index in [1.165, 1.54) is 0 Å². The Bertz CT molecular complexity index is 399. The first-order chi connectivity index (χ1) is 7.67. The number of hydrogen-bond donors (Lipinski definition) is 1. The lowest BCUT2D eigenvalue weighted by atomic mass is 9.69. The SMILES string of the molecule is CC(=O)CC(C)(C)C(C)(O)c1ccc(C)cc1. The molecule has 0 aliphatic carbocycles. The van der Waals surface area contributed by atoms with Gasteiger partial charge in [-0.05, 0) is 26.3 Å². The monoisotopic (exact) mass is 234 g/mol. The normalized spacial score (nSPS) is 15.4. The minimum absolute atomic E-state index is 0.0994. The Labute approximate surface area is 104 Å². The first kappa shape index (κ1) is 13.9. The van der Waals surface area contributed by atoms with Crippen LogP contribution in [-0.2, 0) is 10.4 Å². The van der Waals surface area contributed by atoms with Crippen LogP contribution in [0.25, 0.3) is 0 Å². The van der Waals surface area contributed by atoms with Crippen LogP contribution in [0.2, 0.25) is 0 Å². The van der Waals surface area contributed by atoms with Gasteiger partial charge in [-0.25, -0.2) is 0 Å². The summed E-state index contributed by atoms with van der Waals surface area (Å²) < 4.78 is 0. The summed E-state index contributed by atoms with van der Waals surface area (Å²) in [5.74, 6) is 0.0994. The molecule has 0 aliphatic heterocycles. The van der Waals surface area contributed by atoms with Crippen LogP contribution in [0.1, 0.15) is 45.2 Å². The van der Waals surface area contributed by atoms with Gasteiger partial charge < -0.3 is 9.90 Å². The summed E-state index contributed by atoms with van der Waals surface area (Å²) >= 11 is 0. The number of rotatable bonds is 4. The van der Waals surface area contributed by atoms with Crippen molar-refractivity contribution in [2.45, 2.75) is 46.6 Å². The first-order valence-corrected chi connectivity index (χ1v) is 5.96. The molecule has 1 unspecified atom stereocenters. The zero-order valence-electron chi connectivity index (χ0n) is 11.4. The minimum Gasteiger partial charge on any atom is -0.385 e. The molecule has 1 atom stereocenters. The molecule has 2 heteroatoms. The number of aliphatic hydroxyl groups is 1. The summed E-state index contributed by atoms with van der Waals surface area (Å²) in [6.07, 6.45) is 0.369. The van der Waals surface area contributed by atoms with Crippen molar-refractivity contribution < 1.29 is 9.90 Å². The molecular formula is C15H22O2. The van der Waals surface area contributed by atoms with Crippen LogP contribution in [0.5, 0.6) is 0 Å². The fraction of sp³-hybridized carbons (Fsp3) is 0.533. The maximum Gasteiger partial charge on any atom is 0.130 e. The number of Topliss-reactive ketones (excluding diaryl/α,β-unsaturated/α-hetero) is 1. The smallest absolute Gasteiger partial charge is 0.130 e. The number of benzene rings is 1. The van der Waals surface area contributed by atoms with Gasteiger partial charge in [0.25, 0.3) is 0 Å². The Morgan fingerprint density at radius 1 is 1.18 bits per heavy atom. The molecule has 1 aromatic carbocycles. The molecular weight excluding hydrogens is 212 g/mol. The van der Waals surface area contributed by atoms with E-state index in [1.807, 2.05) is 45.0 Å². The zero-order valence-corrected chi connectivity index (χ0v) is 11.4. The Morgan fingerprint density at radius 2 is 1.65 bits per heavy atom. The number of aryl methyl sites for hydroxylation is 1. The van der Waals surface area contributed by atoms with Crippen LogP contribution in [-0.4, -0.2) is 10.9 Å². The van der Waals surface area contributed by atoms with E-state index in [0.717, 1.165) is 11.1 Å². The third-order valence-corrected chi connectivity index (χ3v) is 3.62. The van der Waals surface area contributed by atoms with E-state index in [-0.39, 0.29) is 5.78 Å². The van der Waals surface area contributed by atoms with Gasteiger partial charge in [0.05, 0.1) is 5.60 Å². The second-order valence-corrected chi connectivity index (χ2v) is 5.70. The summed E-state index contributed by atoms with van der Waals surface area (Å²) in [7, 11) is 0. The van der Waals surface area contributed by atoms with E-state index in [4.69, 9.17) is 0 Å². The Morgan fingerprint density at radius 3 is 2.06 bits per heavy atom. The highest BCUT2D eigenvalue weighted by molar-refractivity contribution is 5.76. The maximum absolute atomic E-state index is 11.3. The second kappa shape index (κ2) is 4.61. The van der Waals surface area contributed by atoms with E-state index in [0.29, 0.717) is 6.42 Å². The summed E-state index contributed by atoms with van der Waals surface area (Å²) in [6, 6.07) is 7.82. The van der Waals surface area contributed by atoms with Gasteiger partial charge in [0, 0.05) is 11.8 Å². The van der Waals surface area contributed by atoms with Crippen molar-refractivity contribution in [1.82, 2.24) is 0 Å². The Kier molecular flexibility index (Phi) is 3.78. The van der Waals surface area contributed by atoms with Crippen LogP contribution in [0.4, 0.5) is 0 Å². The number of carbonyl (C=O) groups excluding carboxylic acids is 1. The Hall–Kier alpha value is -1.15. The van der Waals surface area contributed by atoms with E-state index < -0.39 is 11.0 Å². The van der Waals surface area contributed by atoms with Gasteiger partial charge in [0.15, 0.2) is 0 Å². The van der Waals surface area contributed by atoms with Crippen molar-refractivity contribution in [3.8, 4) is 0 Å². The predicted octanol–water partition coefficient (Wildman–Crippen LogP) is 3.21. The molecule has 94 valence electrons. The Balaban J connectivity index is 3.08. The van der Waals surface area contributed by atoms with E-state index in [2.05, 4.69) is 0 Å². The van der Waals surface area contributed by atoms with E-state index in [1.54, 1.807) is 13.8 Å². The van der Waals surface area contributed by atoms with Gasteiger partial charge in [0.1, 0.15) is 5.78 Å².